The minimum absolute atomic E-state index is 0.00200. The van der Waals surface area contributed by atoms with Gasteiger partial charge in [-0.05, 0) is 39.2 Å². The Kier molecular flexibility index (Phi) is 5.22. The summed E-state index contributed by atoms with van der Waals surface area (Å²) in [6.07, 6.45) is 3.99. The van der Waals surface area contributed by atoms with Gasteiger partial charge in [0, 0.05) is 18.6 Å². The third kappa shape index (κ3) is 4.41. The van der Waals surface area contributed by atoms with E-state index in [1.165, 1.54) is 12.8 Å². The standard InChI is InChI=1S/C13H26N2O3S/c1-3-13-10-18-11(2)9-15(13)19(16,17)8-4-7-14-12-5-6-12/h11-14H,3-10H2,1-2H3. The molecule has 1 saturated carbocycles. The van der Waals surface area contributed by atoms with E-state index in [9.17, 15) is 8.42 Å². The number of rotatable bonds is 7. The van der Waals surface area contributed by atoms with Gasteiger partial charge in [0.25, 0.3) is 0 Å². The van der Waals surface area contributed by atoms with Gasteiger partial charge in [0.05, 0.1) is 18.5 Å². The first-order valence-corrected chi connectivity index (χ1v) is 8.98. The Hall–Kier alpha value is -0.170. The fourth-order valence-electron chi connectivity index (χ4n) is 2.44. The first-order chi connectivity index (χ1) is 9.03. The van der Waals surface area contributed by atoms with Gasteiger partial charge in [0.15, 0.2) is 0 Å². The fraction of sp³-hybridized carbons (Fsp3) is 1.00. The van der Waals surface area contributed by atoms with E-state index in [1.54, 1.807) is 4.31 Å². The third-order valence-corrected chi connectivity index (χ3v) is 5.80. The average molecular weight is 290 g/mol. The minimum atomic E-state index is -3.14. The number of nitrogens with zero attached hydrogens (tertiary/aromatic N) is 1. The van der Waals surface area contributed by atoms with Crippen LogP contribution in [0.25, 0.3) is 0 Å². The van der Waals surface area contributed by atoms with Crippen molar-refractivity contribution in [3.05, 3.63) is 0 Å². The zero-order chi connectivity index (χ0) is 13.9. The monoisotopic (exact) mass is 290 g/mol. The Labute approximate surface area is 116 Å². The van der Waals surface area contributed by atoms with Gasteiger partial charge in [0.2, 0.25) is 10.0 Å². The molecule has 0 bridgehead atoms. The molecule has 1 aliphatic carbocycles. The van der Waals surface area contributed by atoms with E-state index in [-0.39, 0.29) is 17.9 Å². The van der Waals surface area contributed by atoms with E-state index >= 15 is 0 Å². The van der Waals surface area contributed by atoms with E-state index in [0.717, 1.165) is 13.0 Å². The molecule has 5 nitrogen and oxygen atoms in total. The molecule has 0 radical (unpaired) electrons. The van der Waals surface area contributed by atoms with Crippen molar-refractivity contribution in [2.45, 2.75) is 57.7 Å². The maximum absolute atomic E-state index is 12.4. The maximum Gasteiger partial charge on any atom is 0.214 e. The molecular weight excluding hydrogens is 264 g/mol. The summed E-state index contributed by atoms with van der Waals surface area (Å²) in [6.45, 7) is 5.78. The second kappa shape index (κ2) is 6.52. The molecule has 1 aliphatic heterocycles. The van der Waals surface area contributed by atoms with Crippen LogP contribution in [0, 0.1) is 0 Å². The molecule has 112 valence electrons. The van der Waals surface area contributed by atoms with Gasteiger partial charge < -0.3 is 10.1 Å². The Morgan fingerprint density at radius 2 is 2.11 bits per heavy atom. The van der Waals surface area contributed by atoms with E-state index in [2.05, 4.69) is 5.32 Å². The van der Waals surface area contributed by atoms with Crippen molar-refractivity contribution in [2.24, 2.45) is 0 Å². The first-order valence-electron chi connectivity index (χ1n) is 7.37. The lowest BCUT2D eigenvalue weighted by atomic mass is 10.2. The molecule has 2 fully saturated rings. The molecule has 19 heavy (non-hydrogen) atoms. The zero-order valence-electron chi connectivity index (χ0n) is 12.0. The van der Waals surface area contributed by atoms with Crippen LogP contribution < -0.4 is 5.32 Å². The summed E-state index contributed by atoms with van der Waals surface area (Å²) in [4.78, 5) is 0. The van der Waals surface area contributed by atoms with E-state index in [4.69, 9.17) is 4.74 Å². The lowest BCUT2D eigenvalue weighted by Crippen LogP contribution is -2.52. The van der Waals surface area contributed by atoms with Crippen LogP contribution in [0.15, 0.2) is 0 Å². The van der Waals surface area contributed by atoms with Crippen molar-refractivity contribution in [1.82, 2.24) is 9.62 Å². The summed E-state index contributed by atoms with van der Waals surface area (Å²) >= 11 is 0. The van der Waals surface area contributed by atoms with Crippen molar-refractivity contribution in [2.75, 3.05) is 25.4 Å². The highest BCUT2D eigenvalue weighted by molar-refractivity contribution is 7.89. The van der Waals surface area contributed by atoms with Crippen molar-refractivity contribution in [1.29, 1.82) is 0 Å². The molecule has 2 unspecified atom stereocenters. The first kappa shape index (κ1) is 15.2. The molecule has 0 spiro atoms. The topological polar surface area (TPSA) is 58.6 Å². The molecular formula is C13H26N2O3S. The molecule has 2 atom stereocenters. The molecule has 2 rings (SSSR count). The fourth-order valence-corrected chi connectivity index (χ4v) is 4.29. The molecule has 0 amide bonds. The Morgan fingerprint density at radius 1 is 1.37 bits per heavy atom. The molecule has 1 saturated heterocycles. The van der Waals surface area contributed by atoms with Gasteiger partial charge in [0.1, 0.15) is 0 Å². The van der Waals surface area contributed by atoms with E-state index in [0.29, 0.717) is 25.6 Å². The predicted octanol–water partition coefficient (Wildman–Crippen LogP) is 0.958. The number of nitrogens with one attached hydrogen (secondary N) is 1. The summed E-state index contributed by atoms with van der Waals surface area (Å²) < 4.78 is 32.0. The molecule has 0 aromatic carbocycles. The highest BCUT2D eigenvalue weighted by atomic mass is 32.2. The lowest BCUT2D eigenvalue weighted by Gasteiger charge is -2.37. The van der Waals surface area contributed by atoms with E-state index in [1.807, 2.05) is 13.8 Å². The van der Waals surface area contributed by atoms with Crippen LogP contribution in [0.3, 0.4) is 0 Å². The quantitative estimate of drug-likeness (QED) is 0.710. The van der Waals surface area contributed by atoms with Gasteiger partial charge in [-0.1, -0.05) is 6.92 Å². The summed E-state index contributed by atoms with van der Waals surface area (Å²) in [7, 11) is -3.14. The van der Waals surface area contributed by atoms with Gasteiger partial charge in [-0.2, -0.15) is 4.31 Å². The normalized spacial score (nSPS) is 29.6. The van der Waals surface area contributed by atoms with Crippen molar-refractivity contribution < 1.29 is 13.2 Å². The molecule has 1 N–H and O–H groups in total. The highest BCUT2D eigenvalue weighted by Crippen LogP contribution is 2.20. The van der Waals surface area contributed by atoms with Crippen LogP contribution in [-0.2, 0) is 14.8 Å². The molecule has 2 aliphatic rings. The summed E-state index contributed by atoms with van der Waals surface area (Å²) in [5.41, 5.74) is 0. The number of sulfonamides is 1. The van der Waals surface area contributed by atoms with E-state index < -0.39 is 10.0 Å². The smallest absolute Gasteiger partial charge is 0.214 e. The number of ether oxygens (including phenoxy) is 1. The van der Waals surface area contributed by atoms with Crippen LogP contribution in [0.5, 0.6) is 0 Å². The average Bonchev–Trinajstić information content (AvgIpc) is 3.19. The minimum Gasteiger partial charge on any atom is -0.375 e. The Balaban J connectivity index is 1.84. The number of hydrogen-bond acceptors (Lipinski definition) is 4. The largest absolute Gasteiger partial charge is 0.375 e. The van der Waals surface area contributed by atoms with Crippen LogP contribution >= 0.6 is 0 Å². The highest BCUT2D eigenvalue weighted by Gasteiger charge is 2.34. The van der Waals surface area contributed by atoms with Crippen LogP contribution in [0.2, 0.25) is 0 Å². The van der Waals surface area contributed by atoms with Crippen LogP contribution in [-0.4, -0.2) is 56.4 Å². The Morgan fingerprint density at radius 3 is 2.74 bits per heavy atom. The summed E-state index contributed by atoms with van der Waals surface area (Å²) in [5, 5.41) is 3.36. The van der Waals surface area contributed by atoms with Gasteiger partial charge in [-0.25, -0.2) is 8.42 Å². The molecule has 6 heteroatoms. The lowest BCUT2D eigenvalue weighted by molar-refractivity contribution is -0.0230. The SMILES string of the molecule is CCC1COC(C)CN1S(=O)(=O)CCCNC1CC1. The third-order valence-electron chi connectivity index (χ3n) is 3.84. The second-order valence-corrected chi connectivity index (χ2v) is 7.71. The van der Waals surface area contributed by atoms with Crippen molar-refractivity contribution in [3.63, 3.8) is 0 Å². The van der Waals surface area contributed by atoms with Crippen LogP contribution in [0.1, 0.15) is 39.5 Å². The maximum atomic E-state index is 12.4. The molecule has 0 aromatic rings. The van der Waals surface area contributed by atoms with Crippen molar-refractivity contribution >= 4 is 10.0 Å². The van der Waals surface area contributed by atoms with Gasteiger partial charge in [-0.15, -0.1) is 0 Å². The summed E-state index contributed by atoms with van der Waals surface area (Å²) in [6, 6.07) is 0.659. The molecule has 1 heterocycles. The predicted molar refractivity (Wildman–Crippen MR) is 75.6 cm³/mol. The molecule has 0 aromatic heterocycles. The summed E-state index contributed by atoms with van der Waals surface area (Å²) in [5.74, 6) is 0.246. The van der Waals surface area contributed by atoms with Gasteiger partial charge >= 0.3 is 0 Å². The second-order valence-electron chi connectivity index (χ2n) is 5.67. The zero-order valence-corrected chi connectivity index (χ0v) is 12.8. The van der Waals surface area contributed by atoms with Crippen molar-refractivity contribution in [3.8, 4) is 0 Å². The van der Waals surface area contributed by atoms with Gasteiger partial charge in [-0.3, -0.25) is 0 Å². The number of morpholine rings is 1. The Bertz CT molecular complexity index is 381. The number of hydrogen-bond donors (Lipinski definition) is 1. The van der Waals surface area contributed by atoms with Crippen LogP contribution in [0.4, 0.5) is 0 Å².